The first-order valence-corrected chi connectivity index (χ1v) is 14.2. The molecule has 2 heterocycles. The second kappa shape index (κ2) is 12.8. The number of alkyl halides is 3. The Balaban J connectivity index is 1.30. The number of aromatic nitrogens is 3. The molecule has 0 atom stereocenters. The first kappa shape index (κ1) is 30.5. The molecule has 44 heavy (non-hydrogen) atoms. The Hall–Kier alpha value is -4.92. The number of nitrogens with one attached hydrogen (secondary N) is 1. The molecule has 0 unspecified atom stereocenters. The molecule has 0 radical (unpaired) electrons. The molecule has 0 bridgehead atoms. The smallest absolute Gasteiger partial charge is 0.491 e. The largest absolute Gasteiger partial charge is 0.573 e. The summed E-state index contributed by atoms with van der Waals surface area (Å²) >= 11 is 1.08. The number of amides is 3. The number of urea groups is 1. The third-order valence-corrected chi connectivity index (χ3v) is 7.00. The van der Waals surface area contributed by atoms with Crippen molar-refractivity contribution in [1.29, 1.82) is 0 Å². The van der Waals surface area contributed by atoms with E-state index in [9.17, 15) is 22.8 Å². The van der Waals surface area contributed by atoms with Crippen LogP contribution in [-0.2, 0) is 4.79 Å². The molecule has 0 saturated carbocycles. The van der Waals surface area contributed by atoms with E-state index in [1.807, 2.05) is 19.9 Å². The molecule has 10 nitrogen and oxygen atoms in total. The van der Waals surface area contributed by atoms with Crippen LogP contribution in [0.5, 0.6) is 11.5 Å². The minimum absolute atomic E-state index is 0.0709. The van der Waals surface area contributed by atoms with Gasteiger partial charge in [0.1, 0.15) is 23.6 Å². The van der Waals surface area contributed by atoms with Crippen LogP contribution in [0.4, 0.5) is 33.7 Å². The van der Waals surface area contributed by atoms with Crippen molar-refractivity contribution in [3.63, 3.8) is 0 Å². The van der Waals surface area contributed by atoms with Crippen LogP contribution in [0, 0.1) is 12.7 Å². The van der Waals surface area contributed by atoms with Gasteiger partial charge < -0.3 is 14.8 Å². The van der Waals surface area contributed by atoms with Crippen molar-refractivity contribution < 1.29 is 36.6 Å². The average Bonchev–Trinajstić information content (AvgIpc) is 3.60. The summed E-state index contributed by atoms with van der Waals surface area (Å²) in [5.41, 5.74) is 1.87. The lowest BCUT2D eigenvalue weighted by molar-refractivity contribution is -0.274. The molecular formula is C29H24F4N6O4S. The molecule has 4 aromatic rings. The third kappa shape index (κ3) is 7.16. The maximum absolute atomic E-state index is 15.0. The number of hydrogen-bond acceptors (Lipinski definition) is 7. The lowest BCUT2D eigenvalue weighted by Crippen LogP contribution is -2.31. The van der Waals surface area contributed by atoms with Gasteiger partial charge in [-0.15, -0.1) is 18.3 Å². The normalized spacial score (nSPS) is 14.3. The van der Waals surface area contributed by atoms with Crippen molar-refractivity contribution in [2.45, 2.75) is 26.6 Å². The van der Waals surface area contributed by atoms with Crippen LogP contribution in [-0.4, -0.2) is 50.6 Å². The number of thioether (sulfide) groups is 1. The number of rotatable bonds is 8. The second-order valence-electron chi connectivity index (χ2n) is 9.41. The molecular weight excluding hydrogens is 604 g/mol. The van der Waals surface area contributed by atoms with Crippen molar-refractivity contribution in [3.05, 3.63) is 78.4 Å². The number of carbonyl (C=O) groups is 2. The van der Waals surface area contributed by atoms with E-state index >= 15 is 4.39 Å². The van der Waals surface area contributed by atoms with Crippen molar-refractivity contribution in [2.24, 2.45) is 4.99 Å². The minimum Gasteiger partial charge on any atom is -0.491 e. The van der Waals surface area contributed by atoms with Gasteiger partial charge in [0.25, 0.3) is 0 Å². The van der Waals surface area contributed by atoms with Gasteiger partial charge in [0, 0.05) is 5.56 Å². The SMILES string of the molecule is CCCOc1ccc(C)cc1N1C(=O)CSC1=NC(=O)Nc1ccc(-c2ncn(-c3ccc(OC(F)(F)F)cc3)n2)cc1F. The summed E-state index contributed by atoms with van der Waals surface area (Å²) in [6.45, 7) is 4.27. The molecule has 1 aromatic heterocycles. The second-order valence-corrected chi connectivity index (χ2v) is 10.4. The summed E-state index contributed by atoms with van der Waals surface area (Å²) in [6.07, 6.45) is -2.73. The number of nitrogens with zero attached hydrogens (tertiary/aromatic N) is 5. The first-order chi connectivity index (χ1) is 21.0. The minimum atomic E-state index is -4.81. The molecule has 3 aromatic carbocycles. The van der Waals surface area contributed by atoms with Gasteiger partial charge in [-0.1, -0.05) is 24.8 Å². The lowest BCUT2D eigenvalue weighted by Gasteiger charge is -2.20. The van der Waals surface area contributed by atoms with Crippen molar-refractivity contribution in [3.8, 4) is 28.6 Å². The molecule has 0 spiro atoms. The van der Waals surface area contributed by atoms with Crippen LogP contribution in [0.3, 0.4) is 0 Å². The fraction of sp³-hybridized carbons (Fsp3) is 0.207. The summed E-state index contributed by atoms with van der Waals surface area (Å²) < 4.78 is 63.2. The summed E-state index contributed by atoms with van der Waals surface area (Å²) in [6, 6.07) is 13.4. The summed E-state index contributed by atoms with van der Waals surface area (Å²) in [7, 11) is 0. The molecule has 0 aliphatic carbocycles. The van der Waals surface area contributed by atoms with Gasteiger partial charge in [0.15, 0.2) is 11.0 Å². The van der Waals surface area contributed by atoms with E-state index in [0.717, 1.165) is 41.9 Å². The number of halogens is 4. The number of amidine groups is 1. The monoisotopic (exact) mass is 628 g/mol. The van der Waals surface area contributed by atoms with E-state index in [-0.39, 0.29) is 33.9 Å². The standard InChI is InChI=1S/C29H24F4N6O4S/c1-3-12-42-24-11-4-17(2)13-23(24)39-25(40)15-44-28(39)36-27(41)35-22-10-5-18(14-21(22)30)26-34-16-38(37-26)19-6-8-20(9-7-19)43-29(31,32)33/h4-11,13-14,16H,3,12,15H2,1-2H3,(H,35,41). The average molecular weight is 629 g/mol. The molecule has 228 valence electrons. The zero-order valence-corrected chi connectivity index (χ0v) is 24.1. The van der Waals surface area contributed by atoms with E-state index in [1.165, 1.54) is 40.2 Å². The van der Waals surface area contributed by atoms with Crippen LogP contribution in [0.25, 0.3) is 17.1 Å². The molecule has 1 aliphatic heterocycles. The lowest BCUT2D eigenvalue weighted by atomic mass is 10.2. The highest BCUT2D eigenvalue weighted by atomic mass is 32.2. The zero-order chi connectivity index (χ0) is 31.4. The van der Waals surface area contributed by atoms with Crippen LogP contribution in [0.15, 0.2) is 72.0 Å². The number of benzene rings is 3. The Morgan fingerprint density at radius 1 is 1.11 bits per heavy atom. The van der Waals surface area contributed by atoms with Crippen LogP contribution >= 0.6 is 11.8 Å². The molecule has 5 rings (SSSR count). The number of ether oxygens (including phenoxy) is 2. The van der Waals surface area contributed by atoms with Gasteiger partial charge in [0.2, 0.25) is 5.91 Å². The van der Waals surface area contributed by atoms with Gasteiger partial charge in [-0.2, -0.15) is 4.99 Å². The topological polar surface area (TPSA) is 111 Å². The number of hydrogen-bond donors (Lipinski definition) is 1. The van der Waals surface area contributed by atoms with Gasteiger partial charge >= 0.3 is 12.4 Å². The van der Waals surface area contributed by atoms with E-state index in [0.29, 0.717) is 23.7 Å². The van der Waals surface area contributed by atoms with Gasteiger partial charge in [-0.05, 0) is 73.5 Å². The molecule has 1 fully saturated rings. The number of aliphatic imine (C=N–C) groups is 1. The number of anilines is 2. The van der Waals surface area contributed by atoms with Crippen molar-refractivity contribution in [2.75, 3.05) is 22.6 Å². The van der Waals surface area contributed by atoms with E-state index < -0.39 is 24.0 Å². The van der Waals surface area contributed by atoms with Gasteiger partial charge in [0.05, 0.1) is 29.4 Å². The summed E-state index contributed by atoms with van der Waals surface area (Å²) in [5.74, 6) is -0.775. The fourth-order valence-corrected chi connectivity index (χ4v) is 4.98. The summed E-state index contributed by atoms with van der Waals surface area (Å²) in [5, 5.41) is 6.77. The molecule has 3 amide bonds. The molecule has 1 aliphatic rings. The summed E-state index contributed by atoms with van der Waals surface area (Å²) in [4.78, 5) is 35.0. The Bertz CT molecular complexity index is 1730. The highest BCUT2D eigenvalue weighted by Gasteiger charge is 2.33. The highest BCUT2D eigenvalue weighted by Crippen LogP contribution is 2.35. The van der Waals surface area contributed by atoms with E-state index in [2.05, 4.69) is 25.1 Å². The number of aryl methyl sites for hydroxylation is 1. The Morgan fingerprint density at radius 3 is 2.59 bits per heavy atom. The zero-order valence-electron chi connectivity index (χ0n) is 23.3. The molecule has 1 saturated heterocycles. The van der Waals surface area contributed by atoms with Gasteiger partial charge in [-0.25, -0.2) is 18.9 Å². The Kier molecular flexibility index (Phi) is 8.85. The first-order valence-electron chi connectivity index (χ1n) is 13.2. The van der Waals surface area contributed by atoms with Gasteiger partial charge in [-0.3, -0.25) is 9.69 Å². The van der Waals surface area contributed by atoms with E-state index in [4.69, 9.17) is 4.74 Å². The predicted octanol–water partition coefficient (Wildman–Crippen LogP) is 6.74. The van der Waals surface area contributed by atoms with Crippen LogP contribution in [0.1, 0.15) is 18.9 Å². The predicted molar refractivity (Wildman–Crippen MR) is 157 cm³/mol. The van der Waals surface area contributed by atoms with E-state index in [1.54, 1.807) is 12.1 Å². The Labute approximate surface area is 252 Å². The molecule has 1 N–H and O–H groups in total. The maximum Gasteiger partial charge on any atom is 0.573 e. The molecule has 15 heteroatoms. The maximum atomic E-state index is 15.0. The van der Waals surface area contributed by atoms with Crippen LogP contribution in [0.2, 0.25) is 0 Å². The van der Waals surface area contributed by atoms with Crippen LogP contribution < -0.4 is 19.7 Å². The quantitative estimate of drug-likeness (QED) is 0.215. The third-order valence-electron chi connectivity index (χ3n) is 6.08. The highest BCUT2D eigenvalue weighted by molar-refractivity contribution is 8.15. The number of carbonyl (C=O) groups excluding carboxylic acids is 2. The Morgan fingerprint density at radius 2 is 1.89 bits per heavy atom. The fourth-order valence-electron chi connectivity index (χ4n) is 4.12. The van der Waals surface area contributed by atoms with Crippen molar-refractivity contribution in [1.82, 2.24) is 14.8 Å². The van der Waals surface area contributed by atoms with Crippen molar-refractivity contribution >= 4 is 40.2 Å².